The smallest absolute Gasteiger partial charge is 0.270 e. The molecule has 0 fully saturated rings. The first kappa shape index (κ1) is 18.3. The first-order valence-corrected chi connectivity index (χ1v) is 9.47. The Morgan fingerprint density at radius 1 is 0.964 bits per heavy atom. The van der Waals surface area contributed by atoms with Crippen LogP contribution in [-0.4, -0.2) is 15.3 Å². The zero-order chi connectivity index (χ0) is 19.7. The summed E-state index contributed by atoms with van der Waals surface area (Å²) in [5.41, 5.74) is 6.42. The lowest BCUT2D eigenvalue weighted by atomic mass is 10.0. The average molecular weight is 390 g/mol. The summed E-state index contributed by atoms with van der Waals surface area (Å²) in [6, 6.07) is 19.8. The van der Waals surface area contributed by atoms with Gasteiger partial charge in [-0.2, -0.15) is 0 Å². The summed E-state index contributed by atoms with van der Waals surface area (Å²) in [6.45, 7) is 4.31. The number of fused-ring (bicyclic) bond motifs is 1. The standard InChI is InChI=1S/C23H20ClN3O/c1-15-3-12-21-26-16(2)22(27(21)14-15)23(28)25-13-17-4-6-18(7-5-17)19-8-10-20(24)11-9-19/h3-12,14H,13H2,1-2H3,(H,25,28). The molecule has 0 aliphatic rings. The molecule has 0 saturated heterocycles. The van der Waals surface area contributed by atoms with E-state index in [0.29, 0.717) is 12.2 Å². The molecule has 0 aliphatic carbocycles. The van der Waals surface area contributed by atoms with Crippen LogP contribution in [0.25, 0.3) is 16.8 Å². The van der Waals surface area contributed by atoms with E-state index in [1.54, 1.807) is 0 Å². The molecule has 1 N–H and O–H groups in total. The lowest BCUT2D eigenvalue weighted by Gasteiger charge is -2.08. The van der Waals surface area contributed by atoms with E-state index < -0.39 is 0 Å². The van der Waals surface area contributed by atoms with E-state index in [2.05, 4.69) is 10.3 Å². The maximum absolute atomic E-state index is 12.8. The van der Waals surface area contributed by atoms with Crippen LogP contribution in [0.1, 0.15) is 27.3 Å². The minimum absolute atomic E-state index is 0.127. The number of aromatic nitrogens is 2. The molecule has 0 aliphatic heterocycles. The number of imidazole rings is 1. The molecule has 4 rings (SSSR count). The molecule has 0 spiro atoms. The van der Waals surface area contributed by atoms with Crippen molar-refractivity contribution in [1.82, 2.24) is 14.7 Å². The quantitative estimate of drug-likeness (QED) is 0.521. The highest BCUT2D eigenvalue weighted by Crippen LogP contribution is 2.22. The van der Waals surface area contributed by atoms with Gasteiger partial charge in [-0.15, -0.1) is 0 Å². The van der Waals surface area contributed by atoms with Crippen LogP contribution in [0.15, 0.2) is 66.9 Å². The van der Waals surface area contributed by atoms with Gasteiger partial charge in [-0.3, -0.25) is 9.20 Å². The van der Waals surface area contributed by atoms with Gasteiger partial charge in [0, 0.05) is 17.8 Å². The molecule has 2 aromatic heterocycles. The van der Waals surface area contributed by atoms with Crippen molar-refractivity contribution in [2.24, 2.45) is 0 Å². The second kappa shape index (κ2) is 7.49. The summed E-state index contributed by atoms with van der Waals surface area (Å²) < 4.78 is 1.85. The van der Waals surface area contributed by atoms with Gasteiger partial charge in [-0.05, 0) is 54.3 Å². The van der Waals surface area contributed by atoms with Crippen LogP contribution in [0.4, 0.5) is 0 Å². The van der Waals surface area contributed by atoms with E-state index in [1.807, 2.05) is 85.1 Å². The number of carbonyl (C=O) groups is 1. The van der Waals surface area contributed by atoms with Crippen molar-refractivity contribution in [3.05, 3.63) is 94.4 Å². The molecule has 4 aromatic rings. The summed E-state index contributed by atoms with van der Waals surface area (Å²) in [7, 11) is 0. The summed E-state index contributed by atoms with van der Waals surface area (Å²) in [5.74, 6) is -0.127. The van der Waals surface area contributed by atoms with Crippen LogP contribution in [0.2, 0.25) is 5.02 Å². The fraction of sp³-hybridized carbons (Fsp3) is 0.130. The van der Waals surface area contributed by atoms with Gasteiger partial charge >= 0.3 is 0 Å². The Labute approximate surface area is 168 Å². The van der Waals surface area contributed by atoms with Crippen LogP contribution >= 0.6 is 11.6 Å². The van der Waals surface area contributed by atoms with Crippen molar-refractivity contribution < 1.29 is 4.79 Å². The molecule has 0 unspecified atom stereocenters. The van der Waals surface area contributed by atoms with Crippen LogP contribution in [0.3, 0.4) is 0 Å². The van der Waals surface area contributed by atoms with E-state index in [4.69, 9.17) is 11.6 Å². The molecule has 28 heavy (non-hydrogen) atoms. The zero-order valence-corrected chi connectivity index (χ0v) is 16.5. The van der Waals surface area contributed by atoms with E-state index in [9.17, 15) is 4.79 Å². The van der Waals surface area contributed by atoms with Gasteiger partial charge < -0.3 is 5.32 Å². The number of benzene rings is 2. The number of aryl methyl sites for hydroxylation is 2. The lowest BCUT2D eigenvalue weighted by molar-refractivity contribution is 0.0944. The van der Waals surface area contributed by atoms with Crippen molar-refractivity contribution in [1.29, 1.82) is 0 Å². The average Bonchev–Trinajstić information content (AvgIpc) is 3.02. The number of amides is 1. The highest BCUT2D eigenvalue weighted by Gasteiger charge is 2.16. The van der Waals surface area contributed by atoms with Crippen molar-refractivity contribution in [2.45, 2.75) is 20.4 Å². The van der Waals surface area contributed by atoms with E-state index in [-0.39, 0.29) is 5.91 Å². The Hall–Kier alpha value is -3.11. The first-order valence-electron chi connectivity index (χ1n) is 9.09. The molecular weight excluding hydrogens is 370 g/mol. The normalized spacial score (nSPS) is 11.0. The predicted molar refractivity (Wildman–Crippen MR) is 113 cm³/mol. The number of pyridine rings is 1. The van der Waals surface area contributed by atoms with Crippen molar-refractivity contribution in [2.75, 3.05) is 0 Å². The van der Waals surface area contributed by atoms with E-state index in [1.165, 1.54) is 0 Å². The number of hydrogen-bond acceptors (Lipinski definition) is 2. The summed E-state index contributed by atoms with van der Waals surface area (Å²) >= 11 is 5.95. The minimum Gasteiger partial charge on any atom is -0.347 e. The van der Waals surface area contributed by atoms with Gasteiger partial charge in [0.2, 0.25) is 0 Å². The minimum atomic E-state index is -0.127. The SMILES string of the molecule is Cc1ccc2nc(C)c(C(=O)NCc3ccc(-c4ccc(Cl)cc4)cc3)n2c1. The number of hydrogen-bond donors (Lipinski definition) is 1. The Bertz CT molecular complexity index is 1150. The molecule has 0 bridgehead atoms. The Morgan fingerprint density at radius 2 is 1.61 bits per heavy atom. The Morgan fingerprint density at radius 3 is 2.29 bits per heavy atom. The maximum atomic E-state index is 12.8. The highest BCUT2D eigenvalue weighted by atomic mass is 35.5. The topological polar surface area (TPSA) is 46.4 Å². The summed E-state index contributed by atoms with van der Waals surface area (Å²) in [5, 5.41) is 3.73. The number of carbonyl (C=O) groups excluding carboxylic acids is 1. The van der Waals surface area contributed by atoms with Gasteiger partial charge in [0.15, 0.2) is 0 Å². The van der Waals surface area contributed by atoms with E-state index in [0.717, 1.165) is 38.6 Å². The third-order valence-corrected chi connectivity index (χ3v) is 4.99. The molecule has 2 aromatic carbocycles. The number of rotatable bonds is 4. The Kier molecular flexibility index (Phi) is 4.88. The molecule has 0 saturated carbocycles. The third-order valence-electron chi connectivity index (χ3n) is 4.74. The largest absolute Gasteiger partial charge is 0.347 e. The molecule has 4 nitrogen and oxygen atoms in total. The van der Waals surface area contributed by atoms with Gasteiger partial charge in [0.25, 0.3) is 5.91 Å². The molecule has 5 heteroatoms. The van der Waals surface area contributed by atoms with Gasteiger partial charge in [-0.25, -0.2) is 4.98 Å². The van der Waals surface area contributed by atoms with Crippen molar-refractivity contribution in [3.63, 3.8) is 0 Å². The molecule has 0 radical (unpaired) electrons. The summed E-state index contributed by atoms with van der Waals surface area (Å²) in [6.07, 6.45) is 1.94. The van der Waals surface area contributed by atoms with Crippen LogP contribution in [-0.2, 0) is 6.54 Å². The second-order valence-corrected chi connectivity index (χ2v) is 7.30. The molecule has 0 atom stereocenters. The van der Waals surface area contributed by atoms with Crippen molar-refractivity contribution in [3.8, 4) is 11.1 Å². The monoisotopic (exact) mass is 389 g/mol. The fourth-order valence-electron chi connectivity index (χ4n) is 3.27. The Balaban J connectivity index is 1.49. The van der Waals surface area contributed by atoms with Gasteiger partial charge in [0.1, 0.15) is 11.3 Å². The number of halogens is 1. The molecule has 1 amide bonds. The van der Waals surface area contributed by atoms with Crippen molar-refractivity contribution >= 4 is 23.2 Å². The maximum Gasteiger partial charge on any atom is 0.270 e. The van der Waals surface area contributed by atoms with E-state index >= 15 is 0 Å². The second-order valence-electron chi connectivity index (χ2n) is 6.87. The molecular formula is C23H20ClN3O. The zero-order valence-electron chi connectivity index (χ0n) is 15.7. The highest BCUT2D eigenvalue weighted by molar-refractivity contribution is 6.30. The number of nitrogens with zero attached hydrogens (tertiary/aromatic N) is 2. The van der Waals surface area contributed by atoms with Gasteiger partial charge in [-0.1, -0.05) is 54.1 Å². The molecule has 2 heterocycles. The van der Waals surface area contributed by atoms with Crippen LogP contribution in [0, 0.1) is 13.8 Å². The molecule has 140 valence electrons. The third kappa shape index (κ3) is 3.64. The van der Waals surface area contributed by atoms with Gasteiger partial charge in [0.05, 0.1) is 5.69 Å². The fourth-order valence-corrected chi connectivity index (χ4v) is 3.39. The lowest BCUT2D eigenvalue weighted by Crippen LogP contribution is -2.25. The van der Waals surface area contributed by atoms with Crippen LogP contribution < -0.4 is 5.32 Å². The summed E-state index contributed by atoms with van der Waals surface area (Å²) in [4.78, 5) is 17.2. The predicted octanol–water partition coefficient (Wildman–Crippen LogP) is 5.20. The number of nitrogens with one attached hydrogen (secondary N) is 1. The first-order chi connectivity index (χ1) is 13.5. The van der Waals surface area contributed by atoms with Crippen LogP contribution in [0.5, 0.6) is 0 Å².